The van der Waals surface area contributed by atoms with Crippen molar-refractivity contribution in [2.24, 2.45) is 17.2 Å². The van der Waals surface area contributed by atoms with E-state index in [2.05, 4.69) is 35.8 Å². The summed E-state index contributed by atoms with van der Waals surface area (Å²) in [4.78, 5) is 13.8. The van der Waals surface area contributed by atoms with Crippen molar-refractivity contribution < 1.29 is 4.79 Å². The van der Waals surface area contributed by atoms with Crippen molar-refractivity contribution in [2.45, 2.75) is 33.7 Å². The summed E-state index contributed by atoms with van der Waals surface area (Å²) < 4.78 is 3.84. The van der Waals surface area contributed by atoms with Gasteiger partial charge in [-0.25, -0.2) is 5.84 Å². The summed E-state index contributed by atoms with van der Waals surface area (Å²) in [5.41, 5.74) is 3.45. The predicted molar refractivity (Wildman–Crippen MR) is 70.7 cm³/mol. The Bertz CT molecular complexity index is 439. The molecule has 2 heterocycles. The molecule has 0 saturated carbocycles. The second kappa shape index (κ2) is 4.81. The summed E-state index contributed by atoms with van der Waals surface area (Å²) in [5, 5.41) is 4.73. The Kier molecular flexibility index (Phi) is 3.54. The molecule has 1 unspecified atom stereocenters. The number of amides is 1. The Morgan fingerprint density at radius 1 is 1.56 bits per heavy atom. The Morgan fingerprint density at radius 2 is 2.28 bits per heavy atom. The molecule has 1 atom stereocenters. The van der Waals surface area contributed by atoms with Crippen molar-refractivity contribution >= 4 is 22.4 Å². The van der Waals surface area contributed by atoms with Crippen LogP contribution in [0.5, 0.6) is 0 Å². The summed E-state index contributed by atoms with van der Waals surface area (Å²) in [6, 6.07) is 0. The van der Waals surface area contributed by atoms with Crippen LogP contribution < -0.4 is 11.3 Å². The third kappa shape index (κ3) is 2.62. The molecular formula is C11H19N5OS. The molecule has 7 heteroatoms. The van der Waals surface area contributed by atoms with E-state index in [1.54, 1.807) is 0 Å². The van der Waals surface area contributed by atoms with Crippen molar-refractivity contribution in [3.05, 3.63) is 5.69 Å². The Hall–Kier alpha value is -1.21. The van der Waals surface area contributed by atoms with E-state index in [0.717, 1.165) is 17.2 Å². The zero-order valence-electron chi connectivity index (χ0n) is 10.9. The smallest absolute Gasteiger partial charge is 0.223 e. The molecule has 1 aliphatic heterocycles. The predicted octanol–water partition coefficient (Wildman–Crippen LogP) is 1.22. The standard InChI is InChI=1S/C11H19N5OS/c1-11(2,3)7-4-9(17)16(5-7)6-8-10(13-12)18-15-14-8/h7,13H,4-6,12H2,1-3H3. The molecular weight excluding hydrogens is 250 g/mol. The summed E-state index contributed by atoms with van der Waals surface area (Å²) in [6.07, 6.45) is 0.618. The zero-order chi connectivity index (χ0) is 13.3. The van der Waals surface area contributed by atoms with E-state index in [4.69, 9.17) is 5.84 Å². The van der Waals surface area contributed by atoms with Gasteiger partial charge in [0.05, 0.1) is 6.54 Å². The molecule has 0 radical (unpaired) electrons. The minimum Gasteiger partial charge on any atom is -0.336 e. The van der Waals surface area contributed by atoms with Crippen molar-refractivity contribution in [3.63, 3.8) is 0 Å². The topological polar surface area (TPSA) is 84.1 Å². The van der Waals surface area contributed by atoms with Gasteiger partial charge in [0.15, 0.2) is 0 Å². The molecule has 0 aliphatic carbocycles. The number of anilines is 1. The van der Waals surface area contributed by atoms with Crippen LogP contribution in [0, 0.1) is 11.3 Å². The van der Waals surface area contributed by atoms with Gasteiger partial charge >= 0.3 is 0 Å². The van der Waals surface area contributed by atoms with Crippen LogP contribution in [0.1, 0.15) is 32.9 Å². The minimum atomic E-state index is 0.152. The number of nitrogens with two attached hydrogens (primary N) is 1. The quantitative estimate of drug-likeness (QED) is 0.636. The van der Waals surface area contributed by atoms with Gasteiger partial charge in [0.25, 0.3) is 0 Å². The summed E-state index contributed by atoms with van der Waals surface area (Å²) in [7, 11) is 0. The SMILES string of the molecule is CC(C)(C)C1CC(=O)N(Cc2nnsc2NN)C1. The first-order chi connectivity index (χ1) is 8.41. The molecule has 0 spiro atoms. The molecule has 2 rings (SSSR count). The van der Waals surface area contributed by atoms with Gasteiger partial charge in [-0.05, 0) is 11.3 Å². The first-order valence-corrected chi connectivity index (χ1v) is 6.74. The maximum absolute atomic E-state index is 12.0. The van der Waals surface area contributed by atoms with E-state index >= 15 is 0 Å². The average Bonchev–Trinajstić information content (AvgIpc) is 2.86. The number of aromatic nitrogens is 2. The summed E-state index contributed by atoms with van der Waals surface area (Å²) in [6.45, 7) is 7.79. The largest absolute Gasteiger partial charge is 0.336 e. The van der Waals surface area contributed by atoms with Crippen molar-refractivity contribution in [2.75, 3.05) is 12.0 Å². The van der Waals surface area contributed by atoms with Crippen molar-refractivity contribution in [1.29, 1.82) is 0 Å². The van der Waals surface area contributed by atoms with Crippen LogP contribution in [-0.4, -0.2) is 26.9 Å². The van der Waals surface area contributed by atoms with E-state index in [1.807, 2.05) is 4.90 Å². The van der Waals surface area contributed by atoms with E-state index in [1.165, 1.54) is 11.5 Å². The van der Waals surface area contributed by atoms with Crippen molar-refractivity contribution in [1.82, 2.24) is 14.5 Å². The zero-order valence-corrected chi connectivity index (χ0v) is 11.8. The Balaban J connectivity index is 2.05. The fraction of sp³-hybridized carbons (Fsp3) is 0.727. The molecule has 1 aliphatic rings. The Morgan fingerprint density at radius 3 is 2.83 bits per heavy atom. The summed E-state index contributed by atoms with van der Waals surface area (Å²) in [5.74, 6) is 5.96. The number of hydrogen-bond acceptors (Lipinski definition) is 6. The van der Waals surface area contributed by atoms with Gasteiger partial charge in [0.2, 0.25) is 5.91 Å². The lowest BCUT2D eigenvalue weighted by molar-refractivity contribution is -0.128. The van der Waals surface area contributed by atoms with E-state index in [0.29, 0.717) is 18.9 Å². The highest BCUT2D eigenvalue weighted by Gasteiger charge is 2.37. The second-order valence-corrected chi connectivity index (χ2v) is 6.49. The number of hydrogen-bond donors (Lipinski definition) is 2. The third-order valence-electron chi connectivity index (χ3n) is 3.47. The van der Waals surface area contributed by atoms with Gasteiger partial charge in [-0.15, -0.1) is 5.10 Å². The number of carbonyl (C=O) groups excluding carboxylic acids is 1. The van der Waals surface area contributed by atoms with Gasteiger partial charge in [0, 0.05) is 24.5 Å². The number of nitrogen functional groups attached to an aromatic ring is 1. The average molecular weight is 269 g/mol. The van der Waals surface area contributed by atoms with Crippen LogP contribution >= 0.6 is 11.5 Å². The van der Waals surface area contributed by atoms with Crippen LogP contribution in [0.15, 0.2) is 0 Å². The second-order valence-electron chi connectivity index (χ2n) is 5.73. The maximum Gasteiger partial charge on any atom is 0.223 e. The van der Waals surface area contributed by atoms with Gasteiger partial charge in [-0.3, -0.25) is 4.79 Å². The van der Waals surface area contributed by atoms with Gasteiger partial charge in [-0.1, -0.05) is 25.3 Å². The first kappa shape index (κ1) is 13.2. The van der Waals surface area contributed by atoms with Crippen LogP contribution in [0.3, 0.4) is 0 Å². The highest BCUT2D eigenvalue weighted by atomic mass is 32.1. The normalized spacial score (nSPS) is 20.6. The molecule has 1 aromatic rings. The molecule has 1 amide bonds. The highest BCUT2D eigenvalue weighted by Crippen LogP contribution is 2.35. The molecule has 1 fully saturated rings. The van der Waals surface area contributed by atoms with Gasteiger partial charge in [-0.2, -0.15) is 0 Å². The number of nitrogens with zero attached hydrogens (tertiary/aromatic N) is 3. The molecule has 1 saturated heterocycles. The van der Waals surface area contributed by atoms with Crippen LogP contribution in [0.4, 0.5) is 5.00 Å². The third-order valence-corrected chi connectivity index (χ3v) is 4.17. The van der Waals surface area contributed by atoms with Gasteiger partial charge < -0.3 is 10.3 Å². The lowest BCUT2D eigenvalue weighted by Gasteiger charge is -2.26. The van der Waals surface area contributed by atoms with E-state index < -0.39 is 0 Å². The van der Waals surface area contributed by atoms with Crippen LogP contribution in [0.25, 0.3) is 0 Å². The number of likely N-dealkylation sites (tertiary alicyclic amines) is 1. The summed E-state index contributed by atoms with van der Waals surface area (Å²) >= 11 is 1.21. The number of hydrazine groups is 1. The van der Waals surface area contributed by atoms with Gasteiger partial charge in [0.1, 0.15) is 10.7 Å². The maximum atomic E-state index is 12.0. The van der Waals surface area contributed by atoms with Crippen LogP contribution in [0.2, 0.25) is 0 Å². The fourth-order valence-electron chi connectivity index (χ4n) is 2.11. The number of carbonyl (C=O) groups is 1. The minimum absolute atomic E-state index is 0.152. The number of nitrogens with one attached hydrogen (secondary N) is 1. The lowest BCUT2D eigenvalue weighted by atomic mass is 9.80. The first-order valence-electron chi connectivity index (χ1n) is 5.97. The molecule has 6 nitrogen and oxygen atoms in total. The molecule has 1 aromatic heterocycles. The van der Waals surface area contributed by atoms with E-state index in [9.17, 15) is 4.79 Å². The molecule has 100 valence electrons. The molecule has 0 aromatic carbocycles. The molecule has 0 bridgehead atoms. The monoisotopic (exact) mass is 269 g/mol. The van der Waals surface area contributed by atoms with Crippen molar-refractivity contribution in [3.8, 4) is 0 Å². The fourth-order valence-corrected chi connectivity index (χ4v) is 2.59. The molecule has 3 N–H and O–H groups in total. The lowest BCUT2D eigenvalue weighted by Crippen LogP contribution is -2.28. The molecule has 18 heavy (non-hydrogen) atoms. The van der Waals surface area contributed by atoms with Crippen LogP contribution in [-0.2, 0) is 11.3 Å². The number of rotatable bonds is 3. The highest BCUT2D eigenvalue weighted by molar-refractivity contribution is 7.10. The Labute approximate surface area is 111 Å². The van der Waals surface area contributed by atoms with E-state index in [-0.39, 0.29) is 11.3 Å².